The van der Waals surface area contributed by atoms with Gasteiger partial charge in [0.25, 0.3) is 0 Å². The molecule has 1 N–H and O–H groups in total. The molecule has 0 bridgehead atoms. The van der Waals surface area contributed by atoms with E-state index in [9.17, 15) is 0 Å². The van der Waals surface area contributed by atoms with Crippen molar-refractivity contribution in [1.29, 1.82) is 0 Å². The van der Waals surface area contributed by atoms with Crippen LogP contribution in [0.15, 0.2) is 0 Å². The predicted octanol–water partition coefficient (Wildman–Crippen LogP) is 2.07. The van der Waals surface area contributed by atoms with E-state index < -0.39 is 0 Å². The molecule has 2 aliphatic heterocycles. The molecule has 2 aliphatic rings. The highest BCUT2D eigenvalue weighted by Gasteiger charge is 2.37. The molecule has 2 heterocycles. The summed E-state index contributed by atoms with van der Waals surface area (Å²) in [5.74, 6) is 0. The Labute approximate surface area is 99.6 Å². The summed E-state index contributed by atoms with van der Waals surface area (Å²) in [6, 6.07) is 0. The Morgan fingerprint density at radius 3 is 2.36 bits per heavy atom. The molecular weight excluding hydrogens is 219 g/mol. The number of halogens is 2. The fourth-order valence-electron chi connectivity index (χ4n) is 2.72. The Hall–Kier alpha value is 0.500. The lowest BCUT2D eigenvalue weighted by molar-refractivity contribution is 0.0492. The van der Waals surface area contributed by atoms with Gasteiger partial charge in [-0.1, -0.05) is 6.42 Å². The van der Waals surface area contributed by atoms with Gasteiger partial charge in [-0.15, -0.1) is 24.8 Å². The monoisotopic (exact) mass is 240 g/mol. The van der Waals surface area contributed by atoms with E-state index in [0.717, 1.165) is 0 Å². The van der Waals surface area contributed by atoms with E-state index in [1.807, 2.05) is 0 Å². The third kappa shape index (κ3) is 2.75. The van der Waals surface area contributed by atoms with E-state index in [1.54, 1.807) is 0 Å². The largest absolute Gasteiger partial charge is 0.315 e. The van der Waals surface area contributed by atoms with Gasteiger partial charge < -0.3 is 5.32 Å². The van der Waals surface area contributed by atoms with Gasteiger partial charge in [-0.05, 0) is 45.8 Å². The number of hydrogen-bond acceptors (Lipinski definition) is 2. The van der Waals surface area contributed by atoms with Crippen LogP contribution < -0.4 is 5.32 Å². The summed E-state index contributed by atoms with van der Waals surface area (Å²) in [6.07, 6.45) is 7.03. The molecule has 0 aromatic carbocycles. The summed E-state index contributed by atoms with van der Waals surface area (Å²) in [7, 11) is 2.30. The van der Waals surface area contributed by atoms with Crippen LogP contribution in [-0.2, 0) is 0 Å². The summed E-state index contributed by atoms with van der Waals surface area (Å²) >= 11 is 0. The quantitative estimate of drug-likeness (QED) is 0.698. The van der Waals surface area contributed by atoms with Crippen LogP contribution in [-0.4, -0.2) is 37.1 Å². The molecule has 0 aromatic heterocycles. The second-order valence-electron chi connectivity index (χ2n) is 4.38. The molecule has 0 aromatic rings. The summed E-state index contributed by atoms with van der Waals surface area (Å²) in [5, 5.41) is 3.53. The van der Waals surface area contributed by atoms with E-state index in [-0.39, 0.29) is 24.8 Å². The average molecular weight is 241 g/mol. The van der Waals surface area contributed by atoms with Crippen LogP contribution in [0.5, 0.6) is 0 Å². The van der Waals surface area contributed by atoms with Crippen molar-refractivity contribution in [2.75, 3.05) is 26.7 Å². The van der Waals surface area contributed by atoms with Gasteiger partial charge >= 0.3 is 0 Å². The molecule has 1 unspecified atom stereocenters. The topological polar surface area (TPSA) is 15.3 Å². The molecule has 2 saturated heterocycles. The first kappa shape index (κ1) is 14.5. The Morgan fingerprint density at radius 2 is 1.79 bits per heavy atom. The highest BCUT2D eigenvalue weighted by atomic mass is 35.5. The molecule has 0 amide bonds. The normalized spacial score (nSPS) is 33.2. The number of hydrogen-bond donors (Lipinski definition) is 1. The molecule has 2 nitrogen and oxygen atoms in total. The molecule has 4 heteroatoms. The van der Waals surface area contributed by atoms with Crippen LogP contribution in [0.3, 0.4) is 0 Å². The molecule has 0 saturated carbocycles. The van der Waals surface area contributed by atoms with E-state index in [2.05, 4.69) is 17.3 Å². The maximum Gasteiger partial charge on any atom is 0.0331 e. The van der Waals surface area contributed by atoms with Crippen LogP contribution in [0, 0.1) is 0 Å². The Morgan fingerprint density at radius 1 is 1.07 bits per heavy atom. The van der Waals surface area contributed by atoms with Crippen LogP contribution in [0.25, 0.3) is 0 Å². The van der Waals surface area contributed by atoms with Gasteiger partial charge in [0.2, 0.25) is 0 Å². The van der Waals surface area contributed by atoms with Gasteiger partial charge in [0.15, 0.2) is 0 Å². The fraction of sp³-hybridized carbons (Fsp3) is 1.00. The molecular formula is C10H22Cl2N2. The zero-order valence-corrected chi connectivity index (χ0v) is 10.6. The number of nitrogens with one attached hydrogen (secondary N) is 1. The van der Waals surface area contributed by atoms with Crippen molar-refractivity contribution in [3.8, 4) is 0 Å². The Bertz CT molecular complexity index is 150. The average Bonchev–Trinajstić information content (AvgIpc) is 2.12. The molecule has 2 rings (SSSR count). The molecule has 2 fully saturated rings. The van der Waals surface area contributed by atoms with E-state index in [4.69, 9.17) is 0 Å². The van der Waals surface area contributed by atoms with Gasteiger partial charge in [0.1, 0.15) is 0 Å². The third-order valence-corrected chi connectivity index (χ3v) is 3.65. The number of likely N-dealkylation sites (N-methyl/N-ethyl adjacent to an activating group) is 1. The predicted molar refractivity (Wildman–Crippen MR) is 65.8 cm³/mol. The smallest absolute Gasteiger partial charge is 0.0331 e. The molecule has 1 atom stereocenters. The lowest BCUT2D eigenvalue weighted by Gasteiger charge is -2.48. The summed E-state index contributed by atoms with van der Waals surface area (Å²) in [5.41, 5.74) is 0.538. The number of nitrogens with zero attached hydrogens (tertiary/aromatic N) is 1. The van der Waals surface area contributed by atoms with Crippen LogP contribution in [0.4, 0.5) is 0 Å². The van der Waals surface area contributed by atoms with E-state index in [1.165, 1.54) is 51.7 Å². The molecule has 1 spiro atoms. The van der Waals surface area contributed by atoms with E-state index in [0.29, 0.717) is 5.54 Å². The SMILES string of the molecule is CN1CCCCC12CCCNC2.Cl.Cl. The maximum absolute atomic E-state index is 3.53. The molecule has 14 heavy (non-hydrogen) atoms. The standard InChI is InChI=1S/C10H20N2.2ClH/c1-12-8-3-2-5-10(12)6-4-7-11-9-10;;/h11H,2-9H2,1H3;2*1H. The van der Waals surface area contributed by atoms with Gasteiger partial charge in [0, 0.05) is 12.1 Å². The minimum Gasteiger partial charge on any atom is -0.315 e. The van der Waals surface area contributed by atoms with Gasteiger partial charge in [-0.3, -0.25) is 4.90 Å². The third-order valence-electron chi connectivity index (χ3n) is 3.65. The lowest BCUT2D eigenvalue weighted by atomic mass is 9.81. The second-order valence-corrected chi connectivity index (χ2v) is 4.38. The maximum atomic E-state index is 3.53. The van der Waals surface area contributed by atoms with Crippen molar-refractivity contribution in [2.24, 2.45) is 0 Å². The first-order valence-corrected chi connectivity index (χ1v) is 5.25. The first-order chi connectivity index (χ1) is 5.83. The van der Waals surface area contributed by atoms with Crippen LogP contribution in [0.1, 0.15) is 32.1 Å². The van der Waals surface area contributed by atoms with Gasteiger partial charge in [-0.2, -0.15) is 0 Å². The summed E-state index contributed by atoms with van der Waals surface area (Å²) in [4.78, 5) is 2.59. The zero-order chi connectivity index (χ0) is 8.44. The minimum absolute atomic E-state index is 0. The number of rotatable bonds is 0. The summed E-state index contributed by atoms with van der Waals surface area (Å²) in [6.45, 7) is 3.76. The van der Waals surface area contributed by atoms with Crippen molar-refractivity contribution < 1.29 is 0 Å². The highest BCUT2D eigenvalue weighted by molar-refractivity contribution is 5.85. The minimum atomic E-state index is 0. The molecule has 0 aliphatic carbocycles. The Kier molecular flexibility index (Phi) is 6.38. The number of likely N-dealkylation sites (tertiary alicyclic amines) is 1. The molecule has 86 valence electrons. The van der Waals surface area contributed by atoms with Crippen molar-refractivity contribution in [1.82, 2.24) is 10.2 Å². The van der Waals surface area contributed by atoms with Crippen LogP contribution >= 0.6 is 24.8 Å². The van der Waals surface area contributed by atoms with Gasteiger partial charge in [0.05, 0.1) is 0 Å². The Balaban J connectivity index is 0.000000845. The highest BCUT2D eigenvalue weighted by Crippen LogP contribution is 2.32. The fourth-order valence-corrected chi connectivity index (χ4v) is 2.72. The summed E-state index contributed by atoms with van der Waals surface area (Å²) < 4.78 is 0. The number of piperidine rings is 2. The van der Waals surface area contributed by atoms with Crippen molar-refractivity contribution in [2.45, 2.75) is 37.6 Å². The van der Waals surface area contributed by atoms with Crippen LogP contribution in [0.2, 0.25) is 0 Å². The van der Waals surface area contributed by atoms with Crippen molar-refractivity contribution in [3.63, 3.8) is 0 Å². The lowest BCUT2D eigenvalue weighted by Crippen LogP contribution is -2.58. The van der Waals surface area contributed by atoms with E-state index >= 15 is 0 Å². The van der Waals surface area contributed by atoms with Crippen molar-refractivity contribution in [3.05, 3.63) is 0 Å². The molecule has 0 radical (unpaired) electrons. The van der Waals surface area contributed by atoms with Crippen molar-refractivity contribution >= 4 is 24.8 Å². The first-order valence-electron chi connectivity index (χ1n) is 5.25. The second kappa shape index (κ2) is 6.16. The zero-order valence-electron chi connectivity index (χ0n) is 8.92. The van der Waals surface area contributed by atoms with Gasteiger partial charge in [-0.25, -0.2) is 0 Å².